The average Bonchev–Trinajstić information content (AvgIpc) is 2.28. The number of aryl methyl sites for hydroxylation is 1. The molecule has 0 aliphatic rings. The molecule has 1 aromatic heterocycles. The number of nitrogen functional groups attached to an aromatic ring is 1. The normalized spacial score (nSPS) is 12.7. The Labute approximate surface area is 98.5 Å². The van der Waals surface area contributed by atoms with Gasteiger partial charge >= 0.3 is 0 Å². The molecular weight excluding hydrogens is 198 g/mol. The van der Waals surface area contributed by atoms with Crippen molar-refractivity contribution in [2.75, 3.05) is 12.3 Å². The quantitative estimate of drug-likeness (QED) is 0.776. The van der Waals surface area contributed by atoms with Gasteiger partial charge in [-0.05, 0) is 31.5 Å². The smallest absolute Gasteiger partial charge is 0.128 e. The van der Waals surface area contributed by atoms with Crippen LogP contribution in [0.3, 0.4) is 0 Å². The number of unbranched alkanes of at least 4 members (excludes halogenated alkanes) is 1. The van der Waals surface area contributed by atoms with Crippen LogP contribution in [0.15, 0.2) is 12.3 Å². The zero-order valence-electron chi connectivity index (χ0n) is 10.6. The first-order chi connectivity index (χ1) is 7.69. The molecule has 0 aliphatic heterocycles. The van der Waals surface area contributed by atoms with E-state index in [0.29, 0.717) is 11.9 Å². The van der Waals surface area contributed by atoms with Crippen molar-refractivity contribution in [3.05, 3.63) is 23.4 Å². The Morgan fingerprint density at radius 1 is 1.44 bits per heavy atom. The molecular formula is C13H23N3. The molecule has 0 fully saturated rings. The van der Waals surface area contributed by atoms with Crippen LogP contribution in [0, 0.1) is 6.92 Å². The van der Waals surface area contributed by atoms with Gasteiger partial charge in [-0.15, -0.1) is 0 Å². The van der Waals surface area contributed by atoms with Crippen molar-refractivity contribution in [3.8, 4) is 0 Å². The SMILES string of the molecule is CCCCC(NCC)c1cc(C)cnc1N. The van der Waals surface area contributed by atoms with Crippen LogP contribution in [0.5, 0.6) is 0 Å². The first-order valence-electron chi connectivity index (χ1n) is 6.14. The van der Waals surface area contributed by atoms with Crippen molar-refractivity contribution >= 4 is 5.82 Å². The Morgan fingerprint density at radius 2 is 2.19 bits per heavy atom. The van der Waals surface area contributed by atoms with Crippen LogP contribution in [-0.4, -0.2) is 11.5 Å². The van der Waals surface area contributed by atoms with Gasteiger partial charge in [0.1, 0.15) is 5.82 Å². The second kappa shape index (κ2) is 6.48. The third-order valence-corrected chi connectivity index (χ3v) is 2.76. The summed E-state index contributed by atoms with van der Waals surface area (Å²) >= 11 is 0. The van der Waals surface area contributed by atoms with Gasteiger partial charge in [-0.25, -0.2) is 4.98 Å². The molecule has 1 unspecified atom stereocenters. The van der Waals surface area contributed by atoms with E-state index in [2.05, 4.69) is 37.1 Å². The van der Waals surface area contributed by atoms with Gasteiger partial charge in [0.15, 0.2) is 0 Å². The first kappa shape index (κ1) is 13.0. The van der Waals surface area contributed by atoms with Crippen molar-refractivity contribution in [3.63, 3.8) is 0 Å². The third-order valence-electron chi connectivity index (χ3n) is 2.76. The summed E-state index contributed by atoms with van der Waals surface area (Å²) in [5, 5.41) is 3.48. The highest BCUT2D eigenvalue weighted by atomic mass is 14.9. The van der Waals surface area contributed by atoms with E-state index < -0.39 is 0 Å². The molecule has 0 radical (unpaired) electrons. The molecule has 3 nitrogen and oxygen atoms in total. The van der Waals surface area contributed by atoms with E-state index in [-0.39, 0.29) is 0 Å². The summed E-state index contributed by atoms with van der Waals surface area (Å²) in [7, 11) is 0. The topological polar surface area (TPSA) is 50.9 Å². The number of nitrogens with two attached hydrogens (primary N) is 1. The second-order valence-electron chi connectivity index (χ2n) is 4.24. The van der Waals surface area contributed by atoms with E-state index in [4.69, 9.17) is 5.73 Å². The molecule has 0 saturated heterocycles. The number of anilines is 1. The average molecular weight is 221 g/mol. The molecule has 0 aliphatic carbocycles. The van der Waals surface area contributed by atoms with Crippen LogP contribution < -0.4 is 11.1 Å². The minimum Gasteiger partial charge on any atom is -0.383 e. The fourth-order valence-electron chi connectivity index (χ4n) is 1.90. The van der Waals surface area contributed by atoms with Gasteiger partial charge in [0.25, 0.3) is 0 Å². The van der Waals surface area contributed by atoms with Crippen LogP contribution in [0.2, 0.25) is 0 Å². The monoisotopic (exact) mass is 221 g/mol. The summed E-state index contributed by atoms with van der Waals surface area (Å²) in [5.74, 6) is 0.660. The molecule has 1 rings (SSSR count). The van der Waals surface area contributed by atoms with Gasteiger partial charge in [0.2, 0.25) is 0 Å². The number of pyridine rings is 1. The first-order valence-corrected chi connectivity index (χ1v) is 6.14. The lowest BCUT2D eigenvalue weighted by Gasteiger charge is -2.19. The van der Waals surface area contributed by atoms with Gasteiger partial charge in [-0.3, -0.25) is 0 Å². The number of rotatable bonds is 6. The lowest BCUT2D eigenvalue weighted by molar-refractivity contribution is 0.495. The van der Waals surface area contributed by atoms with E-state index in [0.717, 1.165) is 18.5 Å². The molecule has 0 spiro atoms. The van der Waals surface area contributed by atoms with Gasteiger partial charge in [-0.2, -0.15) is 0 Å². The lowest BCUT2D eigenvalue weighted by Crippen LogP contribution is -2.22. The van der Waals surface area contributed by atoms with Gasteiger partial charge in [0, 0.05) is 17.8 Å². The zero-order chi connectivity index (χ0) is 12.0. The van der Waals surface area contributed by atoms with Crippen LogP contribution in [0.4, 0.5) is 5.82 Å². The van der Waals surface area contributed by atoms with E-state index in [1.807, 2.05) is 6.20 Å². The largest absolute Gasteiger partial charge is 0.383 e. The summed E-state index contributed by atoms with van der Waals surface area (Å²) in [6, 6.07) is 2.49. The Hall–Kier alpha value is -1.09. The molecule has 16 heavy (non-hydrogen) atoms. The highest BCUT2D eigenvalue weighted by molar-refractivity contribution is 5.42. The van der Waals surface area contributed by atoms with Crippen LogP contribution in [0.1, 0.15) is 50.3 Å². The Bertz CT molecular complexity index is 323. The summed E-state index contributed by atoms with van der Waals surface area (Å²) in [5.41, 5.74) is 8.26. The van der Waals surface area contributed by atoms with Crippen molar-refractivity contribution in [2.24, 2.45) is 0 Å². The molecule has 1 atom stereocenters. The maximum absolute atomic E-state index is 5.94. The van der Waals surface area contributed by atoms with Crippen LogP contribution in [0.25, 0.3) is 0 Å². The fourth-order valence-corrected chi connectivity index (χ4v) is 1.90. The van der Waals surface area contributed by atoms with Crippen molar-refractivity contribution < 1.29 is 0 Å². The molecule has 0 amide bonds. The molecule has 0 aromatic carbocycles. The van der Waals surface area contributed by atoms with Gasteiger partial charge < -0.3 is 11.1 Å². The zero-order valence-corrected chi connectivity index (χ0v) is 10.6. The van der Waals surface area contributed by atoms with E-state index in [1.54, 1.807) is 0 Å². The van der Waals surface area contributed by atoms with E-state index >= 15 is 0 Å². The predicted molar refractivity (Wildman–Crippen MR) is 69.3 cm³/mol. The van der Waals surface area contributed by atoms with E-state index in [1.165, 1.54) is 18.4 Å². The Morgan fingerprint density at radius 3 is 2.81 bits per heavy atom. The predicted octanol–water partition coefficient (Wildman–Crippen LogP) is 2.81. The minimum atomic E-state index is 0.345. The van der Waals surface area contributed by atoms with Crippen molar-refractivity contribution in [2.45, 2.75) is 46.1 Å². The summed E-state index contributed by atoms with van der Waals surface area (Å²) in [6.45, 7) is 7.35. The summed E-state index contributed by atoms with van der Waals surface area (Å²) in [6.07, 6.45) is 5.37. The molecule has 3 N–H and O–H groups in total. The minimum absolute atomic E-state index is 0.345. The molecule has 0 saturated carbocycles. The molecule has 1 heterocycles. The summed E-state index contributed by atoms with van der Waals surface area (Å²) < 4.78 is 0. The van der Waals surface area contributed by atoms with Gasteiger partial charge in [0.05, 0.1) is 0 Å². The highest BCUT2D eigenvalue weighted by Gasteiger charge is 2.13. The van der Waals surface area contributed by atoms with Crippen LogP contribution in [-0.2, 0) is 0 Å². The number of nitrogens with zero attached hydrogens (tertiary/aromatic N) is 1. The molecule has 90 valence electrons. The fraction of sp³-hybridized carbons (Fsp3) is 0.615. The second-order valence-corrected chi connectivity index (χ2v) is 4.24. The molecule has 1 aromatic rings. The Balaban J connectivity index is 2.85. The van der Waals surface area contributed by atoms with E-state index in [9.17, 15) is 0 Å². The number of nitrogens with one attached hydrogen (secondary N) is 1. The Kier molecular flexibility index (Phi) is 5.26. The number of hydrogen-bond donors (Lipinski definition) is 2. The molecule has 0 bridgehead atoms. The molecule has 3 heteroatoms. The maximum atomic E-state index is 5.94. The standard InChI is InChI=1S/C13H23N3/c1-4-6-7-12(15-5-2)11-8-10(3)9-16-13(11)14/h8-9,12,15H,4-7H2,1-3H3,(H2,14,16). The van der Waals surface area contributed by atoms with Crippen molar-refractivity contribution in [1.29, 1.82) is 0 Å². The van der Waals surface area contributed by atoms with Gasteiger partial charge in [-0.1, -0.05) is 26.7 Å². The number of aromatic nitrogens is 1. The van der Waals surface area contributed by atoms with Crippen LogP contribution >= 0.6 is 0 Å². The maximum Gasteiger partial charge on any atom is 0.128 e. The lowest BCUT2D eigenvalue weighted by atomic mass is 10.0. The summed E-state index contributed by atoms with van der Waals surface area (Å²) in [4.78, 5) is 4.23. The highest BCUT2D eigenvalue weighted by Crippen LogP contribution is 2.24. The number of hydrogen-bond acceptors (Lipinski definition) is 3. The van der Waals surface area contributed by atoms with Crippen molar-refractivity contribution in [1.82, 2.24) is 10.3 Å². The third kappa shape index (κ3) is 3.49.